The molecule has 1 saturated heterocycles. The maximum absolute atomic E-state index is 12.6. The lowest BCUT2D eigenvalue weighted by Gasteiger charge is -2.35. The average molecular weight is 263 g/mol. The summed E-state index contributed by atoms with van der Waals surface area (Å²) < 4.78 is 1.72. The van der Waals surface area contributed by atoms with Crippen LogP contribution in [0.1, 0.15) is 47.0 Å². The molecule has 0 aliphatic carbocycles. The molecule has 1 aliphatic heterocycles. The second-order valence-electron chi connectivity index (χ2n) is 5.16. The highest BCUT2D eigenvalue weighted by Crippen LogP contribution is 2.20. The van der Waals surface area contributed by atoms with E-state index in [2.05, 4.69) is 0 Å². The monoisotopic (exact) mass is 263 g/mol. The van der Waals surface area contributed by atoms with Crippen LogP contribution >= 0.6 is 0 Å². The van der Waals surface area contributed by atoms with Gasteiger partial charge in [-0.15, -0.1) is 0 Å². The van der Waals surface area contributed by atoms with Crippen molar-refractivity contribution in [2.24, 2.45) is 12.8 Å². The molecule has 19 heavy (non-hydrogen) atoms. The zero-order chi connectivity index (χ0) is 14.0. The lowest BCUT2D eigenvalue weighted by atomic mass is 10.0. The van der Waals surface area contributed by atoms with Crippen molar-refractivity contribution in [1.82, 2.24) is 9.47 Å². The van der Waals surface area contributed by atoms with Gasteiger partial charge in [0.15, 0.2) is 5.78 Å². The minimum atomic E-state index is -0.0244. The normalized spacial score (nSPS) is 19.5. The fraction of sp³-hybridized carbons (Fsp3) is 0.571. The van der Waals surface area contributed by atoms with E-state index >= 15 is 0 Å². The third-order valence-corrected chi connectivity index (χ3v) is 3.79. The van der Waals surface area contributed by atoms with Gasteiger partial charge in [0, 0.05) is 37.9 Å². The molecule has 2 heterocycles. The van der Waals surface area contributed by atoms with E-state index in [1.165, 1.54) is 6.92 Å². The Balaban J connectivity index is 2.25. The largest absolute Gasteiger partial charge is 0.346 e. The zero-order valence-electron chi connectivity index (χ0n) is 11.6. The van der Waals surface area contributed by atoms with Crippen LogP contribution in [0, 0.1) is 0 Å². The van der Waals surface area contributed by atoms with Gasteiger partial charge in [-0.25, -0.2) is 0 Å². The first-order valence-electron chi connectivity index (χ1n) is 6.73. The number of likely N-dealkylation sites (tertiary alicyclic amines) is 1. The third-order valence-electron chi connectivity index (χ3n) is 3.79. The Morgan fingerprint density at radius 2 is 2.16 bits per heavy atom. The van der Waals surface area contributed by atoms with Crippen molar-refractivity contribution in [1.29, 1.82) is 0 Å². The van der Waals surface area contributed by atoms with Crippen molar-refractivity contribution in [3.63, 3.8) is 0 Å². The average Bonchev–Trinajstić information content (AvgIpc) is 2.80. The van der Waals surface area contributed by atoms with E-state index < -0.39 is 0 Å². The summed E-state index contributed by atoms with van der Waals surface area (Å²) in [6.45, 7) is 2.75. The Bertz CT molecular complexity index is 493. The van der Waals surface area contributed by atoms with Gasteiger partial charge in [0.1, 0.15) is 5.69 Å². The number of nitrogens with two attached hydrogens (primary N) is 1. The van der Waals surface area contributed by atoms with E-state index in [1.807, 2.05) is 4.90 Å². The predicted molar refractivity (Wildman–Crippen MR) is 73.1 cm³/mol. The second-order valence-corrected chi connectivity index (χ2v) is 5.16. The quantitative estimate of drug-likeness (QED) is 0.833. The molecule has 2 N–H and O–H groups in total. The molecule has 1 atom stereocenters. The minimum absolute atomic E-state index is 0.0230. The first kappa shape index (κ1) is 13.8. The summed E-state index contributed by atoms with van der Waals surface area (Å²) >= 11 is 0. The van der Waals surface area contributed by atoms with Gasteiger partial charge in [0.2, 0.25) is 0 Å². The van der Waals surface area contributed by atoms with E-state index in [4.69, 9.17) is 5.73 Å². The predicted octanol–water partition coefficient (Wildman–Crippen LogP) is 1.18. The molecule has 0 bridgehead atoms. The molecular weight excluding hydrogens is 242 g/mol. The smallest absolute Gasteiger partial charge is 0.270 e. The fourth-order valence-electron chi connectivity index (χ4n) is 2.63. The van der Waals surface area contributed by atoms with Crippen LogP contribution in [0.3, 0.4) is 0 Å². The Hall–Kier alpha value is -1.62. The van der Waals surface area contributed by atoms with E-state index in [9.17, 15) is 9.59 Å². The van der Waals surface area contributed by atoms with Crippen LogP contribution in [0.2, 0.25) is 0 Å². The number of amides is 1. The van der Waals surface area contributed by atoms with Gasteiger partial charge >= 0.3 is 0 Å². The second kappa shape index (κ2) is 5.57. The van der Waals surface area contributed by atoms with Crippen LogP contribution in [-0.2, 0) is 7.05 Å². The molecule has 1 aliphatic rings. The van der Waals surface area contributed by atoms with E-state index in [1.54, 1.807) is 23.9 Å². The summed E-state index contributed by atoms with van der Waals surface area (Å²) in [7, 11) is 1.79. The molecule has 5 nitrogen and oxygen atoms in total. The Labute approximate surface area is 113 Å². The molecule has 0 aromatic carbocycles. The standard InChI is InChI=1S/C14H21N3O2/c1-10(18)11-7-13(16(2)9-11)14(19)17-6-4-3-5-12(17)8-15/h7,9,12H,3-6,8,15H2,1-2H3. The molecule has 5 heteroatoms. The molecule has 104 valence electrons. The van der Waals surface area contributed by atoms with Crippen molar-refractivity contribution >= 4 is 11.7 Å². The summed E-state index contributed by atoms with van der Waals surface area (Å²) in [5.74, 6) is -0.0474. The van der Waals surface area contributed by atoms with Crippen LogP contribution < -0.4 is 5.73 Å². The van der Waals surface area contributed by atoms with E-state index in [0.717, 1.165) is 25.8 Å². The number of carbonyl (C=O) groups excluding carboxylic acids is 2. The summed E-state index contributed by atoms with van der Waals surface area (Å²) in [4.78, 5) is 25.8. The number of hydrogen-bond acceptors (Lipinski definition) is 3. The van der Waals surface area contributed by atoms with Gasteiger partial charge in [-0.3, -0.25) is 9.59 Å². The lowest BCUT2D eigenvalue weighted by Crippen LogP contribution is -2.47. The van der Waals surface area contributed by atoms with E-state index in [0.29, 0.717) is 17.8 Å². The van der Waals surface area contributed by atoms with Crippen molar-refractivity contribution in [3.05, 3.63) is 23.5 Å². The topological polar surface area (TPSA) is 68.3 Å². The molecule has 1 aromatic heterocycles. The van der Waals surface area contributed by atoms with Gasteiger partial charge in [-0.05, 0) is 32.3 Å². The summed E-state index contributed by atoms with van der Waals surface area (Å²) in [6, 6.07) is 1.80. The summed E-state index contributed by atoms with van der Waals surface area (Å²) in [5.41, 5.74) is 6.88. The van der Waals surface area contributed by atoms with Crippen molar-refractivity contribution in [3.8, 4) is 0 Å². The third kappa shape index (κ3) is 2.71. The molecule has 1 unspecified atom stereocenters. The zero-order valence-corrected chi connectivity index (χ0v) is 11.6. The molecule has 1 aromatic rings. The Morgan fingerprint density at radius 3 is 2.74 bits per heavy atom. The minimum Gasteiger partial charge on any atom is -0.346 e. The number of piperidine rings is 1. The van der Waals surface area contributed by atoms with Crippen LogP contribution in [-0.4, -0.2) is 40.3 Å². The van der Waals surface area contributed by atoms with Crippen LogP contribution in [0.15, 0.2) is 12.3 Å². The van der Waals surface area contributed by atoms with E-state index in [-0.39, 0.29) is 17.7 Å². The molecule has 0 radical (unpaired) electrons. The van der Waals surface area contributed by atoms with Crippen molar-refractivity contribution in [2.75, 3.05) is 13.1 Å². The number of rotatable bonds is 3. The SMILES string of the molecule is CC(=O)c1cc(C(=O)N2CCCCC2CN)n(C)c1. The number of aryl methyl sites for hydroxylation is 1. The summed E-state index contributed by atoms with van der Waals surface area (Å²) in [6.07, 6.45) is 4.81. The highest BCUT2D eigenvalue weighted by Gasteiger charge is 2.28. The highest BCUT2D eigenvalue weighted by molar-refractivity contribution is 5.99. The molecule has 1 fully saturated rings. The number of Topliss-reactive ketones (excluding diaryl/α,β-unsaturated/α-hetero) is 1. The van der Waals surface area contributed by atoms with Gasteiger partial charge < -0.3 is 15.2 Å². The molecule has 2 rings (SSSR count). The maximum Gasteiger partial charge on any atom is 0.270 e. The molecular formula is C14H21N3O2. The fourth-order valence-corrected chi connectivity index (χ4v) is 2.63. The Kier molecular flexibility index (Phi) is 4.04. The number of aromatic nitrogens is 1. The van der Waals surface area contributed by atoms with Crippen LogP contribution in [0.4, 0.5) is 0 Å². The van der Waals surface area contributed by atoms with Crippen LogP contribution in [0.5, 0.6) is 0 Å². The first-order chi connectivity index (χ1) is 9.04. The molecule has 0 saturated carbocycles. The maximum atomic E-state index is 12.6. The van der Waals surface area contributed by atoms with Crippen molar-refractivity contribution < 1.29 is 9.59 Å². The first-order valence-corrected chi connectivity index (χ1v) is 6.73. The van der Waals surface area contributed by atoms with Gasteiger partial charge in [-0.1, -0.05) is 0 Å². The van der Waals surface area contributed by atoms with Crippen LogP contribution in [0.25, 0.3) is 0 Å². The van der Waals surface area contributed by atoms with Gasteiger partial charge in [0.05, 0.1) is 0 Å². The number of carbonyl (C=O) groups is 2. The number of hydrogen-bond donors (Lipinski definition) is 1. The number of nitrogens with zero attached hydrogens (tertiary/aromatic N) is 2. The summed E-state index contributed by atoms with van der Waals surface area (Å²) in [5, 5.41) is 0. The van der Waals surface area contributed by atoms with Crippen molar-refractivity contribution in [2.45, 2.75) is 32.2 Å². The van der Waals surface area contributed by atoms with Gasteiger partial charge in [0.25, 0.3) is 5.91 Å². The lowest BCUT2D eigenvalue weighted by molar-refractivity contribution is 0.0613. The highest BCUT2D eigenvalue weighted by atomic mass is 16.2. The molecule has 0 spiro atoms. The number of ketones is 1. The van der Waals surface area contributed by atoms with Gasteiger partial charge in [-0.2, -0.15) is 0 Å². The Morgan fingerprint density at radius 1 is 1.42 bits per heavy atom. The molecule has 1 amide bonds.